The summed E-state index contributed by atoms with van der Waals surface area (Å²) in [4.78, 5) is 0. The maximum Gasteiger partial charge on any atom is 0.135 e. The second kappa shape index (κ2) is 3.87. The van der Waals surface area contributed by atoms with Crippen molar-refractivity contribution in [3.8, 4) is 17.2 Å². The van der Waals surface area contributed by atoms with Crippen LogP contribution in [-0.2, 0) is 0 Å². The zero-order valence-electron chi connectivity index (χ0n) is 10.8. The van der Waals surface area contributed by atoms with Crippen molar-refractivity contribution in [2.75, 3.05) is 0 Å². The highest BCUT2D eigenvalue weighted by atomic mass is 16.5. The number of phenols is 1. The molecule has 0 unspecified atom stereocenters. The zero-order chi connectivity index (χ0) is 13.7. The minimum Gasteiger partial charge on any atom is -0.508 e. The highest BCUT2D eigenvalue weighted by molar-refractivity contribution is 6.01. The summed E-state index contributed by atoms with van der Waals surface area (Å²) in [5.41, 5.74) is 2.73. The van der Waals surface area contributed by atoms with Crippen LogP contribution in [0.25, 0.3) is 16.3 Å². The van der Waals surface area contributed by atoms with Gasteiger partial charge < -0.3 is 9.84 Å². The van der Waals surface area contributed by atoms with E-state index in [0.29, 0.717) is 0 Å². The largest absolute Gasteiger partial charge is 0.508 e. The third-order valence-corrected chi connectivity index (χ3v) is 3.70. The molecular weight excluding hydrogens is 248 g/mol. The Kier molecular flexibility index (Phi) is 2.15. The molecule has 1 aliphatic heterocycles. The van der Waals surface area contributed by atoms with Crippen LogP contribution in [0.3, 0.4) is 0 Å². The van der Waals surface area contributed by atoms with Crippen molar-refractivity contribution < 1.29 is 9.84 Å². The molecule has 2 nitrogen and oxygen atoms in total. The van der Waals surface area contributed by atoms with Gasteiger partial charge in [-0.25, -0.2) is 0 Å². The molecule has 0 saturated heterocycles. The first-order valence-electron chi connectivity index (χ1n) is 6.46. The Morgan fingerprint density at radius 3 is 2.60 bits per heavy atom. The van der Waals surface area contributed by atoms with Gasteiger partial charge in [0.2, 0.25) is 0 Å². The van der Waals surface area contributed by atoms with Gasteiger partial charge in [0.25, 0.3) is 0 Å². The molecule has 1 aliphatic rings. The molecule has 1 N–H and O–H groups in total. The van der Waals surface area contributed by atoms with Gasteiger partial charge in [0.05, 0.1) is 0 Å². The Morgan fingerprint density at radius 2 is 1.70 bits per heavy atom. The van der Waals surface area contributed by atoms with E-state index in [1.54, 1.807) is 18.2 Å². The molecule has 0 radical (unpaired) electrons. The normalized spacial score (nSPS) is 12.7. The first kappa shape index (κ1) is 11.1. The smallest absolute Gasteiger partial charge is 0.135 e. The zero-order valence-corrected chi connectivity index (χ0v) is 10.8. The second-order valence-corrected chi connectivity index (χ2v) is 4.92. The van der Waals surface area contributed by atoms with E-state index in [9.17, 15) is 5.11 Å². The average Bonchev–Trinajstić information content (AvgIpc) is 2.48. The molecule has 0 bridgehead atoms. The second-order valence-electron chi connectivity index (χ2n) is 4.92. The quantitative estimate of drug-likeness (QED) is 0.496. The number of hydrogen-bond donors (Lipinski definition) is 1. The molecule has 0 saturated carbocycles. The van der Waals surface area contributed by atoms with Crippen LogP contribution in [0, 0.1) is 0 Å². The Balaban J connectivity index is 2.04. The fourth-order valence-corrected chi connectivity index (χ4v) is 2.74. The molecule has 0 amide bonds. The fraction of sp³-hybridized carbons (Fsp3) is 0. The van der Waals surface area contributed by atoms with E-state index in [2.05, 4.69) is 18.7 Å². The minimum absolute atomic E-state index is 0.220. The summed E-state index contributed by atoms with van der Waals surface area (Å²) >= 11 is 0. The van der Waals surface area contributed by atoms with Gasteiger partial charge in [0.15, 0.2) is 0 Å². The third kappa shape index (κ3) is 1.45. The first-order valence-corrected chi connectivity index (χ1v) is 6.46. The predicted molar refractivity (Wildman–Crippen MR) is 80.3 cm³/mol. The summed E-state index contributed by atoms with van der Waals surface area (Å²) < 4.78 is 5.94. The van der Waals surface area contributed by atoms with Crippen LogP contribution in [0.4, 0.5) is 0 Å². The Hall–Kier alpha value is -2.74. The highest BCUT2D eigenvalue weighted by Crippen LogP contribution is 2.46. The van der Waals surface area contributed by atoms with Crippen molar-refractivity contribution in [2.45, 2.75) is 0 Å². The standard InChI is InChI=1S/C18H12O2/c1-11-15-10-13(19)7-9-16(15)20-17-8-6-12-4-2-3-5-14(12)18(11)17/h2-10,19H,1H2. The van der Waals surface area contributed by atoms with Gasteiger partial charge in [-0.2, -0.15) is 0 Å². The molecule has 96 valence electrons. The van der Waals surface area contributed by atoms with Crippen molar-refractivity contribution >= 4 is 16.3 Å². The third-order valence-electron chi connectivity index (χ3n) is 3.70. The summed E-state index contributed by atoms with van der Waals surface area (Å²) in [6, 6.07) is 17.3. The topological polar surface area (TPSA) is 29.5 Å². The van der Waals surface area contributed by atoms with Crippen LogP contribution in [0.5, 0.6) is 17.2 Å². The van der Waals surface area contributed by atoms with Gasteiger partial charge in [0, 0.05) is 11.1 Å². The average molecular weight is 260 g/mol. The van der Waals surface area contributed by atoms with Crippen LogP contribution in [-0.4, -0.2) is 5.11 Å². The Morgan fingerprint density at radius 1 is 0.900 bits per heavy atom. The summed E-state index contributed by atoms with van der Waals surface area (Å²) in [6.07, 6.45) is 0. The number of fused-ring (bicyclic) bond motifs is 4. The van der Waals surface area contributed by atoms with Crippen molar-refractivity contribution in [1.29, 1.82) is 0 Å². The fourth-order valence-electron chi connectivity index (χ4n) is 2.74. The van der Waals surface area contributed by atoms with Crippen molar-refractivity contribution in [3.63, 3.8) is 0 Å². The van der Waals surface area contributed by atoms with Crippen LogP contribution in [0.15, 0.2) is 61.2 Å². The molecule has 0 fully saturated rings. The summed E-state index contributed by atoms with van der Waals surface area (Å²) in [7, 11) is 0. The van der Waals surface area contributed by atoms with Gasteiger partial charge in [-0.3, -0.25) is 0 Å². The monoisotopic (exact) mass is 260 g/mol. The lowest BCUT2D eigenvalue weighted by atomic mass is 9.91. The molecule has 20 heavy (non-hydrogen) atoms. The van der Waals surface area contributed by atoms with Crippen LogP contribution >= 0.6 is 0 Å². The van der Waals surface area contributed by atoms with Crippen LogP contribution in [0.1, 0.15) is 11.1 Å². The summed E-state index contributed by atoms with van der Waals surface area (Å²) in [5.74, 6) is 1.76. The highest BCUT2D eigenvalue weighted by Gasteiger charge is 2.22. The van der Waals surface area contributed by atoms with E-state index >= 15 is 0 Å². The maximum absolute atomic E-state index is 9.67. The van der Waals surface area contributed by atoms with E-state index < -0.39 is 0 Å². The van der Waals surface area contributed by atoms with Crippen molar-refractivity contribution in [1.82, 2.24) is 0 Å². The van der Waals surface area contributed by atoms with E-state index in [1.807, 2.05) is 24.3 Å². The molecule has 0 spiro atoms. The molecule has 0 aliphatic carbocycles. The molecule has 1 heterocycles. The van der Waals surface area contributed by atoms with E-state index in [4.69, 9.17) is 4.74 Å². The van der Waals surface area contributed by atoms with E-state index in [-0.39, 0.29) is 5.75 Å². The van der Waals surface area contributed by atoms with Gasteiger partial charge in [0.1, 0.15) is 17.2 Å². The summed E-state index contributed by atoms with van der Waals surface area (Å²) in [6.45, 7) is 4.20. The molecule has 3 aromatic carbocycles. The lowest BCUT2D eigenvalue weighted by Gasteiger charge is -2.23. The van der Waals surface area contributed by atoms with Crippen LogP contribution < -0.4 is 4.74 Å². The van der Waals surface area contributed by atoms with Crippen molar-refractivity contribution in [3.05, 3.63) is 72.3 Å². The van der Waals surface area contributed by atoms with Crippen molar-refractivity contribution in [2.24, 2.45) is 0 Å². The number of benzene rings is 3. The number of hydrogen-bond acceptors (Lipinski definition) is 2. The summed E-state index contributed by atoms with van der Waals surface area (Å²) in [5, 5.41) is 11.9. The number of aromatic hydroxyl groups is 1. The lowest BCUT2D eigenvalue weighted by molar-refractivity contribution is 0.460. The molecule has 4 rings (SSSR count). The lowest BCUT2D eigenvalue weighted by Crippen LogP contribution is -2.02. The van der Waals surface area contributed by atoms with Gasteiger partial charge in [-0.05, 0) is 40.6 Å². The minimum atomic E-state index is 0.220. The Bertz CT molecular complexity index is 862. The number of phenolic OH excluding ortho intramolecular Hbond substituents is 1. The SMILES string of the molecule is C=C1c2cc(O)ccc2Oc2ccc3ccccc3c21. The predicted octanol–water partition coefficient (Wildman–Crippen LogP) is 4.71. The van der Waals surface area contributed by atoms with Gasteiger partial charge in [-0.15, -0.1) is 0 Å². The maximum atomic E-state index is 9.67. The molecular formula is C18H12O2. The van der Waals surface area contributed by atoms with E-state index in [1.165, 1.54) is 0 Å². The number of rotatable bonds is 0. The molecule has 0 atom stereocenters. The van der Waals surface area contributed by atoms with Gasteiger partial charge >= 0.3 is 0 Å². The molecule has 2 heteroatoms. The molecule has 3 aromatic rings. The Labute approximate surface area is 116 Å². The van der Waals surface area contributed by atoms with Gasteiger partial charge in [-0.1, -0.05) is 36.9 Å². The van der Waals surface area contributed by atoms with E-state index in [0.717, 1.165) is 39.0 Å². The molecule has 0 aromatic heterocycles. The van der Waals surface area contributed by atoms with Crippen LogP contribution in [0.2, 0.25) is 0 Å². The first-order chi connectivity index (χ1) is 9.74. The number of ether oxygens (including phenoxy) is 1.